The first-order valence-corrected chi connectivity index (χ1v) is 5.62. The number of carbonyl (C=O) groups is 1. The Hall–Kier alpha value is -1.65. The molecule has 0 bridgehead atoms. The molecular weight excluding hydrogens is 204 g/mol. The van der Waals surface area contributed by atoms with Crippen molar-refractivity contribution >= 4 is 11.7 Å². The maximum atomic E-state index is 11.2. The van der Waals surface area contributed by atoms with Crippen LogP contribution in [0.25, 0.3) is 0 Å². The van der Waals surface area contributed by atoms with E-state index in [1.165, 1.54) is 25.7 Å². The largest absolute Gasteiger partial charge is 0.366 e. The molecule has 0 atom stereocenters. The second-order valence-corrected chi connectivity index (χ2v) is 4.01. The molecule has 1 heterocycles. The van der Waals surface area contributed by atoms with Crippen molar-refractivity contribution in [2.45, 2.75) is 31.7 Å². The predicted molar refractivity (Wildman–Crippen MR) is 61.3 cm³/mol. The van der Waals surface area contributed by atoms with Crippen LogP contribution in [-0.2, 0) is 0 Å². The van der Waals surface area contributed by atoms with Crippen molar-refractivity contribution in [2.75, 3.05) is 12.4 Å². The maximum Gasteiger partial charge on any atom is 0.271 e. The first-order chi connectivity index (χ1) is 7.79. The Kier molecular flexibility index (Phi) is 3.34. The standard InChI is InChI=1S/C11H16N4O/c1-12-11(16)9-6-7-10(15-14-9)13-8-4-2-3-5-8/h6-8H,2-5H2,1H3,(H,12,16)(H,13,15). The molecule has 1 saturated carbocycles. The van der Waals surface area contributed by atoms with Gasteiger partial charge in [-0.1, -0.05) is 12.8 Å². The van der Waals surface area contributed by atoms with Crippen LogP contribution in [0, 0.1) is 0 Å². The van der Waals surface area contributed by atoms with E-state index in [2.05, 4.69) is 20.8 Å². The normalized spacial score (nSPS) is 16.1. The van der Waals surface area contributed by atoms with Crippen LogP contribution in [0.1, 0.15) is 36.2 Å². The van der Waals surface area contributed by atoms with Gasteiger partial charge in [0, 0.05) is 13.1 Å². The third-order valence-electron chi connectivity index (χ3n) is 2.83. The van der Waals surface area contributed by atoms with E-state index in [0.717, 1.165) is 5.82 Å². The van der Waals surface area contributed by atoms with E-state index in [-0.39, 0.29) is 5.91 Å². The number of nitrogens with zero attached hydrogens (tertiary/aromatic N) is 2. The molecule has 1 fully saturated rings. The van der Waals surface area contributed by atoms with Gasteiger partial charge in [0.15, 0.2) is 5.69 Å². The third-order valence-corrected chi connectivity index (χ3v) is 2.83. The molecule has 2 rings (SSSR count). The van der Waals surface area contributed by atoms with Gasteiger partial charge in [-0.2, -0.15) is 0 Å². The summed E-state index contributed by atoms with van der Waals surface area (Å²) in [7, 11) is 1.58. The highest BCUT2D eigenvalue weighted by atomic mass is 16.1. The van der Waals surface area contributed by atoms with Crippen molar-refractivity contribution in [1.29, 1.82) is 0 Å². The van der Waals surface area contributed by atoms with E-state index in [1.54, 1.807) is 19.2 Å². The van der Waals surface area contributed by atoms with Crippen molar-refractivity contribution < 1.29 is 4.79 Å². The van der Waals surface area contributed by atoms with E-state index in [4.69, 9.17) is 0 Å². The van der Waals surface area contributed by atoms with Crippen LogP contribution in [0.5, 0.6) is 0 Å². The number of amides is 1. The fourth-order valence-corrected chi connectivity index (χ4v) is 1.94. The average molecular weight is 220 g/mol. The lowest BCUT2D eigenvalue weighted by atomic mass is 10.2. The van der Waals surface area contributed by atoms with Crippen LogP contribution in [-0.4, -0.2) is 29.2 Å². The minimum atomic E-state index is -0.208. The van der Waals surface area contributed by atoms with Crippen LogP contribution in [0.3, 0.4) is 0 Å². The Bertz CT molecular complexity index is 357. The number of nitrogens with one attached hydrogen (secondary N) is 2. The third kappa shape index (κ3) is 2.48. The second-order valence-electron chi connectivity index (χ2n) is 4.01. The Morgan fingerprint density at radius 1 is 1.31 bits per heavy atom. The molecular formula is C11H16N4O. The van der Waals surface area contributed by atoms with Gasteiger partial charge in [-0.15, -0.1) is 10.2 Å². The lowest BCUT2D eigenvalue weighted by molar-refractivity contribution is 0.0957. The van der Waals surface area contributed by atoms with E-state index in [0.29, 0.717) is 11.7 Å². The van der Waals surface area contributed by atoms with Crippen molar-refractivity contribution in [3.05, 3.63) is 17.8 Å². The van der Waals surface area contributed by atoms with Crippen molar-refractivity contribution in [1.82, 2.24) is 15.5 Å². The lowest BCUT2D eigenvalue weighted by Gasteiger charge is -2.11. The molecule has 0 unspecified atom stereocenters. The minimum absolute atomic E-state index is 0.208. The molecule has 0 saturated heterocycles. The van der Waals surface area contributed by atoms with Crippen molar-refractivity contribution in [3.8, 4) is 0 Å². The Morgan fingerprint density at radius 2 is 2.06 bits per heavy atom. The molecule has 1 aromatic heterocycles. The zero-order chi connectivity index (χ0) is 11.4. The fraction of sp³-hybridized carbons (Fsp3) is 0.545. The van der Waals surface area contributed by atoms with Gasteiger partial charge in [0.05, 0.1) is 0 Å². The average Bonchev–Trinajstić information content (AvgIpc) is 2.82. The molecule has 2 N–H and O–H groups in total. The summed E-state index contributed by atoms with van der Waals surface area (Å²) >= 11 is 0. The van der Waals surface area contributed by atoms with E-state index in [1.807, 2.05) is 0 Å². The SMILES string of the molecule is CNC(=O)c1ccc(NC2CCCC2)nn1. The Labute approximate surface area is 94.6 Å². The second kappa shape index (κ2) is 4.92. The molecule has 0 radical (unpaired) electrons. The molecule has 0 aliphatic heterocycles. The molecule has 1 aliphatic rings. The van der Waals surface area contributed by atoms with Crippen molar-refractivity contribution in [3.63, 3.8) is 0 Å². The molecule has 1 aliphatic carbocycles. The molecule has 0 aromatic carbocycles. The number of rotatable bonds is 3. The van der Waals surface area contributed by atoms with Gasteiger partial charge in [0.1, 0.15) is 5.82 Å². The first-order valence-electron chi connectivity index (χ1n) is 5.62. The Morgan fingerprint density at radius 3 is 2.62 bits per heavy atom. The number of hydrogen-bond acceptors (Lipinski definition) is 4. The zero-order valence-electron chi connectivity index (χ0n) is 9.36. The van der Waals surface area contributed by atoms with Gasteiger partial charge in [0.2, 0.25) is 0 Å². The highest BCUT2D eigenvalue weighted by Crippen LogP contribution is 2.20. The zero-order valence-corrected chi connectivity index (χ0v) is 9.36. The van der Waals surface area contributed by atoms with E-state index < -0.39 is 0 Å². The summed E-state index contributed by atoms with van der Waals surface area (Å²) in [5.41, 5.74) is 0.347. The highest BCUT2D eigenvalue weighted by Gasteiger charge is 2.15. The maximum absolute atomic E-state index is 11.2. The van der Waals surface area contributed by atoms with Crippen molar-refractivity contribution in [2.24, 2.45) is 0 Å². The summed E-state index contributed by atoms with van der Waals surface area (Å²) in [6, 6.07) is 4.00. The van der Waals surface area contributed by atoms with Crippen LogP contribution in [0.4, 0.5) is 5.82 Å². The molecule has 0 spiro atoms. The van der Waals surface area contributed by atoms with Crippen LogP contribution in [0.15, 0.2) is 12.1 Å². The summed E-state index contributed by atoms with van der Waals surface area (Å²) in [4.78, 5) is 11.2. The molecule has 16 heavy (non-hydrogen) atoms. The fourth-order valence-electron chi connectivity index (χ4n) is 1.94. The number of anilines is 1. The summed E-state index contributed by atoms with van der Waals surface area (Å²) in [6.45, 7) is 0. The molecule has 1 amide bonds. The highest BCUT2D eigenvalue weighted by molar-refractivity contribution is 5.91. The first kappa shape index (κ1) is 10.9. The van der Waals surface area contributed by atoms with E-state index >= 15 is 0 Å². The smallest absolute Gasteiger partial charge is 0.271 e. The summed E-state index contributed by atoms with van der Waals surface area (Å²) in [5.74, 6) is 0.541. The molecule has 86 valence electrons. The van der Waals surface area contributed by atoms with Crippen LogP contribution >= 0.6 is 0 Å². The van der Waals surface area contributed by atoms with Gasteiger partial charge in [0.25, 0.3) is 5.91 Å². The van der Waals surface area contributed by atoms with Gasteiger partial charge in [-0.05, 0) is 25.0 Å². The Balaban J connectivity index is 1.98. The summed E-state index contributed by atoms with van der Waals surface area (Å²) in [5, 5.41) is 13.7. The predicted octanol–water partition coefficient (Wildman–Crippen LogP) is 1.19. The number of aromatic nitrogens is 2. The monoisotopic (exact) mass is 220 g/mol. The lowest BCUT2D eigenvalue weighted by Crippen LogP contribution is -2.21. The number of hydrogen-bond donors (Lipinski definition) is 2. The topological polar surface area (TPSA) is 66.9 Å². The molecule has 5 heteroatoms. The van der Waals surface area contributed by atoms with Gasteiger partial charge < -0.3 is 10.6 Å². The molecule has 5 nitrogen and oxygen atoms in total. The summed E-state index contributed by atoms with van der Waals surface area (Å²) in [6.07, 6.45) is 4.95. The quantitative estimate of drug-likeness (QED) is 0.803. The minimum Gasteiger partial charge on any atom is -0.366 e. The molecule has 1 aromatic rings. The van der Waals surface area contributed by atoms with Gasteiger partial charge in [-0.25, -0.2) is 0 Å². The summed E-state index contributed by atoms with van der Waals surface area (Å²) < 4.78 is 0. The van der Waals surface area contributed by atoms with E-state index in [9.17, 15) is 4.79 Å². The van der Waals surface area contributed by atoms with Gasteiger partial charge in [-0.3, -0.25) is 4.79 Å². The van der Waals surface area contributed by atoms with Crippen LogP contribution in [0.2, 0.25) is 0 Å². The number of carbonyl (C=O) groups excluding carboxylic acids is 1. The van der Waals surface area contributed by atoms with Crippen LogP contribution < -0.4 is 10.6 Å². The van der Waals surface area contributed by atoms with Gasteiger partial charge >= 0.3 is 0 Å².